The molecule has 0 spiro atoms. The zero-order chi connectivity index (χ0) is 13.6. The molecule has 2 heteroatoms. The van der Waals surface area contributed by atoms with Crippen molar-refractivity contribution in [2.45, 2.75) is 78.7 Å². The van der Waals surface area contributed by atoms with E-state index in [2.05, 4.69) is 73.2 Å². The topological polar surface area (TPSA) is 17.8 Å². The van der Waals surface area contributed by atoms with Crippen molar-refractivity contribution >= 4 is 0 Å². The Balaban J connectivity index is 3.44. The van der Waals surface area contributed by atoms with Crippen LogP contribution in [0.4, 0.5) is 0 Å². The molecule has 0 aliphatic rings. The van der Waals surface area contributed by atoms with E-state index in [1.54, 1.807) is 0 Å². The van der Waals surface area contributed by atoms with Crippen molar-refractivity contribution in [1.82, 2.24) is 9.78 Å². The molecule has 0 saturated heterocycles. The molecule has 0 fully saturated rings. The molecule has 1 heterocycles. The van der Waals surface area contributed by atoms with Crippen molar-refractivity contribution in [3.63, 3.8) is 0 Å². The normalized spacial score (nSPS) is 14.2. The second kappa shape index (κ2) is 3.86. The maximum absolute atomic E-state index is 4.84. The van der Waals surface area contributed by atoms with Gasteiger partial charge in [0.05, 0.1) is 11.2 Å². The Bertz CT molecular complexity index is 361. The largest absolute Gasteiger partial charge is 0.267 e. The zero-order valence-corrected chi connectivity index (χ0v) is 13.0. The maximum atomic E-state index is 4.84. The molecule has 0 aliphatic heterocycles. The van der Waals surface area contributed by atoms with Gasteiger partial charge in [0.1, 0.15) is 0 Å². The first kappa shape index (κ1) is 14.3. The first-order valence-electron chi connectivity index (χ1n) is 6.44. The molecule has 0 unspecified atom stereocenters. The summed E-state index contributed by atoms with van der Waals surface area (Å²) in [7, 11) is 0. The maximum Gasteiger partial charge on any atom is 0.0715 e. The molecule has 0 N–H and O–H groups in total. The summed E-state index contributed by atoms with van der Waals surface area (Å²) >= 11 is 0. The number of rotatable bonds is 0. The van der Waals surface area contributed by atoms with E-state index < -0.39 is 0 Å². The van der Waals surface area contributed by atoms with Crippen molar-refractivity contribution in [3.05, 3.63) is 17.5 Å². The summed E-state index contributed by atoms with van der Waals surface area (Å²) < 4.78 is 2.11. The highest BCUT2D eigenvalue weighted by atomic mass is 15.3. The second-order valence-electron chi connectivity index (χ2n) is 8.01. The van der Waals surface area contributed by atoms with Gasteiger partial charge in [0.25, 0.3) is 0 Å². The molecular weight excluding hydrogens is 208 g/mol. The average Bonchev–Trinajstić information content (AvgIpc) is 2.42. The highest BCUT2D eigenvalue weighted by molar-refractivity contribution is 5.30. The Morgan fingerprint density at radius 1 is 0.824 bits per heavy atom. The highest BCUT2D eigenvalue weighted by Crippen LogP contribution is 2.34. The van der Waals surface area contributed by atoms with Crippen LogP contribution < -0.4 is 0 Å². The Labute approximate surface area is 106 Å². The summed E-state index contributed by atoms with van der Waals surface area (Å²) in [5.74, 6) is 0. The van der Waals surface area contributed by atoms with E-state index in [4.69, 9.17) is 5.10 Å². The number of aromatic nitrogens is 2. The minimum absolute atomic E-state index is 0.0451. The molecule has 2 nitrogen and oxygen atoms in total. The number of nitrogens with zero attached hydrogens (tertiary/aromatic N) is 2. The fraction of sp³-hybridized carbons (Fsp3) is 0.800. The molecule has 0 bridgehead atoms. The SMILES string of the molecule is CC(C)(C)c1cn(C(C)(C)C)nc1C(C)(C)C. The molecule has 0 atom stereocenters. The Morgan fingerprint density at radius 2 is 1.29 bits per heavy atom. The van der Waals surface area contributed by atoms with Crippen LogP contribution in [0.15, 0.2) is 6.20 Å². The van der Waals surface area contributed by atoms with Crippen LogP contribution in [-0.2, 0) is 16.4 Å². The Kier molecular flexibility index (Phi) is 3.24. The summed E-state index contributed by atoms with van der Waals surface area (Å²) in [6.45, 7) is 20.0. The third-order valence-electron chi connectivity index (χ3n) is 2.92. The van der Waals surface area contributed by atoms with Gasteiger partial charge in [0.15, 0.2) is 0 Å². The summed E-state index contributed by atoms with van der Waals surface area (Å²) in [6.07, 6.45) is 2.22. The van der Waals surface area contributed by atoms with Crippen molar-refractivity contribution in [2.75, 3.05) is 0 Å². The lowest BCUT2D eigenvalue weighted by molar-refractivity contribution is 0.348. The molecule has 0 amide bonds. The Hall–Kier alpha value is -0.790. The molecule has 1 aromatic rings. The van der Waals surface area contributed by atoms with Gasteiger partial charge in [-0.1, -0.05) is 41.5 Å². The van der Waals surface area contributed by atoms with E-state index in [1.165, 1.54) is 11.3 Å². The van der Waals surface area contributed by atoms with E-state index in [0.717, 1.165) is 0 Å². The first-order chi connectivity index (χ1) is 7.33. The third kappa shape index (κ3) is 3.11. The number of hydrogen-bond acceptors (Lipinski definition) is 1. The minimum atomic E-state index is 0.0451. The lowest BCUT2D eigenvalue weighted by atomic mass is 9.80. The van der Waals surface area contributed by atoms with Gasteiger partial charge in [-0.05, 0) is 31.7 Å². The lowest BCUT2D eigenvalue weighted by Gasteiger charge is -2.24. The van der Waals surface area contributed by atoms with E-state index in [-0.39, 0.29) is 16.4 Å². The van der Waals surface area contributed by atoms with E-state index in [0.29, 0.717) is 0 Å². The van der Waals surface area contributed by atoms with Crippen LogP contribution in [0.5, 0.6) is 0 Å². The van der Waals surface area contributed by atoms with Gasteiger partial charge in [-0.15, -0.1) is 0 Å². The van der Waals surface area contributed by atoms with Crippen molar-refractivity contribution in [2.24, 2.45) is 0 Å². The van der Waals surface area contributed by atoms with E-state index in [1.807, 2.05) is 0 Å². The molecule has 0 aliphatic carbocycles. The molecule has 0 radical (unpaired) electrons. The lowest BCUT2D eigenvalue weighted by Crippen LogP contribution is -2.23. The molecule has 1 rings (SSSR count). The van der Waals surface area contributed by atoms with Crippen LogP contribution in [0.2, 0.25) is 0 Å². The van der Waals surface area contributed by atoms with Crippen LogP contribution in [-0.4, -0.2) is 9.78 Å². The number of hydrogen-bond donors (Lipinski definition) is 0. The average molecular weight is 236 g/mol. The highest BCUT2D eigenvalue weighted by Gasteiger charge is 2.30. The van der Waals surface area contributed by atoms with Crippen molar-refractivity contribution in [1.29, 1.82) is 0 Å². The third-order valence-corrected chi connectivity index (χ3v) is 2.92. The fourth-order valence-corrected chi connectivity index (χ4v) is 1.82. The Morgan fingerprint density at radius 3 is 1.53 bits per heavy atom. The summed E-state index contributed by atoms with van der Waals surface area (Å²) in [6, 6.07) is 0. The predicted octanol–water partition coefficient (Wildman–Crippen LogP) is 4.23. The van der Waals surface area contributed by atoms with Crippen LogP contribution in [0.1, 0.15) is 73.6 Å². The van der Waals surface area contributed by atoms with Crippen molar-refractivity contribution in [3.8, 4) is 0 Å². The van der Waals surface area contributed by atoms with Crippen molar-refractivity contribution < 1.29 is 0 Å². The van der Waals surface area contributed by atoms with Gasteiger partial charge < -0.3 is 0 Å². The van der Waals surface area contributed by atoms with Gasteiger partial charge in [-0.2, -0.15) is 5.10 Å². The van der Waals surface area contributed by atoms with E-state index >= 15 is 0 Å². The first-order valence-corrected chi connectivity index (χ1v) is 6.44. The van der Waals surface area contributed by atoms with Crippen LogP contribution >= 0.6 is 0 Å². The van der Waals surface area contributed by atoms with E-state index in [9.17, 15) is 0 Å². The monoisotopic (exact) mass is 236 g/mol. The molecule has 0 aromatic carbocycles. The van der Waals surface area contributed by atoms with Crippen LogP contribution in [0, 0.1) is 0 Å². The fourth-order valence-electron chi connectivity index (χ4n) is 1.82. The predicted molar refractivity (Wildman–Crippen MR) is 74.6 cm³/mol. The zero-order valence-electron chi connectivity index (χ0n) is 13.0. The summed E-state index contributed by atoms with van der Waals surface area (Å²) in [4.78, 5) is 0. The standard InChI is InChI=1S/C15H28N2/c1-13(2,3)11-10-17(15(7,8)9)16-12(11)14(4,5)6/h10H,1-9H3. The molecular formula is C15H28N2. The molecule has 17 heavy (non-hydrogen) atoms. The molecule has 1 aromatic heterocycles. The van der Waals surface area contributed by atoms with Crippen LogP contribution in [0.3, 0.4) is 0 Å². The van der Waals surface area contributed by atoms with Gasteiger partial charge in [0.2, 0.25) is 0 Å². The molecule has 98 valence electrons. The van der Waals surface area contributed by atoms with Gasteiger partial charge in [-0.25, -0.2) is 0 Å². The van der Waals surface area contributed by atoms with Gasteiger partial charge >= 0.3 is 0 Å². The van der Waals surface area contributed by atoms with Crippen LogP contribution in [0.25, 0.3) is 0 Å². The molecule has 0 saturated carbocycles. The van der Waals surface area contributed by atoms with Gasteiger partial charge in [-0.3, -0.25) is 4.68 Å². The minimum Gasteiger partial charge on any atom is -0.267 e. The van der Waals surface area contributed by atoms with Gasteiger partial charge in [0, 0.05) is 11.6 Å². The smallest absolute Gasteiger partial charge is 0.0715 e. The quantitative estimate of drug-likeness (QED) is 0.659. The summed E-state index contributed by atoms with van der Waals surface area (Å²) in [5.41, 5.74) is 2.87. The summed E-state index contributed by atoms with van der Waals surface area (Å²) in [5, 5.41) is 4.84. The second-order valence-corrected chi connectivity index (χ2v) is 8.01.